The Bertz CT molecular complexity index is 980. The highest BCUT2D eigenvalue weighted by atomic mass is 79.9. The molecule has 1 N–H and O–H groups in total. The molecule has 116 valence electrons. The smallest absolute Gasteiger partial charge is 0.196 e. The first-order chi connectivity index (χ1) is 11.7. The molecule has 4 heteroatoms. The minimum atomic E-state index is -0.139. The van der Waals surface area contributed by atoms with E-state index >= 15 is 0 Å². The predicted octanol–water partition coefficient (Wildman–Crippen LogP) is 4.97. The van der Waals surface area contributed by atoms with E-state index in [1.807, 2.05) is 30.3 Å². The highest BCUT2D eigenvalue weighted by molar-refractivity contribution is 9.10. The van der Waals surface area contributed by atoms with E-state index < -0.39 is 0 Å². The summed E-state index contributed by atoms with van der Waals surface area (Å²) in [5.41, 5.74) is 3.22. The van der Waals surface area contributed by atoms with Crippen molar-refractivity contribution in [2.75, 3.05) is 5.32 Å². The molecular weight excluding hydrogens is 366 g/mol. The maximum atomic E-state index is 13.0. The molecule has 3 nitrogen and oxygen atoms in total. The topological polar surface area (TPSA) is 46.2 Å². The van der Waals surface area contributed by atoms with Gasteiger partial charge in [0.25, 0.3) is 0 Å². The molecule has 1 aliphatic rings. The number of hydrogen-bond donors (Lipinski definition) is 1. The zero-order chi connectivity index (χ0) is 16.7. The van der Waals surface area contributed by atoms with Gasteiger partial charge in [0.2, 0.25) is 0 Å². The normalized spacial score (nSPS) is 12.5. The summed E-state index contributed by atoms with van der Waals surface area (Å²) in [6, 6.07) is 20.0. The molecule has 1 aliphatic carbocycles. The van der Waals surface area contributed by atoms with Gasteiger partial charge in [-0.2, -0.15) is 0 Å². The molecule has 0 radical (unpaired) electrons. The Morgan fingerprint density at radius 1 is 0.667 bits per heavy atom. The summed E-state index contributed by atoms with van der Waals surface area (Å²) in [5, 5.41) is 3.26. The van der Waals surface area contributed by atoms with Gasteiger partial charge in [0, 0.05) is 26.9 Å². The summed E-state index contributed by atoms with van der Waals surface area (Å²) >= 11 is 3.49. The molecule has 0 saturated heterocycles. The zero-order valence-electron chi connectivity index (χ0n) is 12.5. The van der Waals surface area contributed by atoms with E-state index in [1.54, 1.807) is 36.4 Å². The summed E-state index contributed by atoms with van der Waals surface area (Å²) in [6.07, 6.45) is 0. The zero-order valence-corrected chi connectivity index (χ0v) is 14.1. The second-order valence-electron chi connectivity index (χ2n) is 5.54. The van der Waals surface area contributed by atoms with Gasteiger partial charge in [-0.3, -0.25) is 9.59 Å². The Morgan fingerprint density at radius 2 is 1.29 bits per heavy atom. The fourth-order valence-corrected chi connectivity index (χ4v) is 3.38. The quantitative estimate of drug-likeness (QED) is 0.536. The minimum Gasteiger partial charge on any atom is -0.354 e. The fourth-order valence-electron chi connectivity index (χ4n) is 2.95. The first kappa shape index (κ1) is 14.8. The molecule has 0 aromatic heterocycles. The third-order valence-electron chi connectivity index (χ3n) is 4.09. The number of carbonyl (C=O) groups is 2. The summed E-state index contributed by atoms with van der Waals surface area (Å²) in [5.74, 6) is -0.260. The Kier molecular flexibility index (Phi) is 3.54. The van der Waals surface area contributed by atoms with Gasteiger partial charge in [0.15, 0.2) is 11.6 Å². The Hall–Kier alpha value is -2.72. The Morgan fingerprint density at radius 3 is 2.00 bits per heavy atom. The number of ketones is 2. The van der Waals surface area contributed by atoms with Crippen LogP contribution in [0.1, 0.15) is 31.8 Å². The SMILES string of the molecule is O=C1c2ccccc2C(=O)c2c1ccc(Br)c2Nc1ccccc1. The van der Waals surface area contributed by atoms with Crippen LogP contribution < -0.4 is 5.32 Å². The number of benzene rings is 3. The lowest BCUT2D eigenvalue weighted by molar-refractivity contribution is 0.0979. The van der Waals surface area contributed by atoms with Crippen LogP contribution in [-0.4, -0.2) is 11.6 Å². The van der Waals surface area contributed by atoms with E-state index in [9.17, 15) is 9.59 Å². The Labute approximate surface area is 147 Å². The Balaban J connectivity index is 1.92. The van der Waals surface area contributed by atoms with Crippen molar-refractivity contribution in [3.63, 3.8) is 0 Å². The molecule has 0 bridgehead atoms. The molecule has 0 spiro atoms. The van der Waals surface area contributed by atoms with Gasteiger partial charge < -0.3 is 5.32 Å². The van der Waals surface area contributed by atoms with Crippen molar-refractivity contribution >= 4 is 38.9 Å². The molecule has 0 unspecified atom stereocenters. The van der Waals surface area contributed by atoms with Crippen molar-refractivity contribution in [1.29, 1.82) is 0 Å². The van der Waals surface area contributed by atoms with Crippen LogP contribution in [0.2, 0.25) is 0 Å². The molecule has 0 saturated carbocycles. The van der Waals surface area contributed by atoms with Gasteiger partial charge in [-0.1, -0.05) is 42.5 Å². The van der Waals surface area contributed by atoms with Crippen molar-refractivity contribution < 1.29 is 9.59 Å². The lowest BCUT2D eigenvalue weighted by Gasteiger charge is -2.21. The highest BCUT2D eigenvalue weighted by Crippen LogP contribution is 2.37. The summed E-state index contributed by atoms with van der Waals surface area (Å²) in [6.45, 7) is 0. The highest BCUT2D eigenvalue weighted by Gasteiger charge is 2.32. The molecule has 0 amide bonds. The van der Waals surface area contributed by atoms with E-state index in [0.29, 0.717) is 27.9 Å². The summed E-state index contributed by atoms with van der Waals surface area (Å²) in [4.78, 5) is 25.8. The van der Waals surface area contributed by atoms with Crippen molar-refractivity contribution in [3.05, 3.63) is 93.5 Å². The van der Waals surface area contributed by atoms with Crippen LogP contribution >= 0.6 is 15.9 Å². The summed E-state index contributed by atoms with van der Waals surface area (Å²) in [7, 11) is 0. The number of halogens is 1. The lowest BCUT2D eigenvalue weighted by atomic mass is 9.83. The lowest BCUT2D eigenvalue weighted by Crippen LogP contribution is -2.22. The second-order valence-corrected chi connectivity index (χ2v) is 6.39. The second kappa shape index (κ2) is 5.73. The third-order valence-corrected chi connectivity index (χ3v) is 4.75. The number of fused-ring (bicyclic) bond motifs is 2. The van der Waals surface area contributed by atoms with Gasteiger partial charge >= 0.3 is 0 Å². The van der Waals surface area contributed by atoms with Crippen LogP contribution in [0.25, 0.3) is 0 Å². The first-order valence-electron chi connectivity index (χ1n) is 7.50. The molecule has 0 heterocycles. The molecule has 4 rings (SSSR count). The van der Waals surface area contributed by atoms with Crippen LogP contribution in [0.5, 0.6) is 0 Å². The van der Waals surface area contributed by atoms with E-state index in [4.69, 9.17) is 0 Å². The largest absolute Gasteiger partial charge is 0.354 e. The van der Waals surface area contributed by atoms with Crippen LogP contribution in [0, 0.1) is 0 Å². The first-order valence-corrected chi connectivity index (χ1v) is 8.29. The number of carbonyl (C=O) groups excluding carboxylic acids is 2. The van der Waals surface area contributed by atoms with Crippen molar-refractivity contribution in [2.24, 2.45) is 0 Å². The van der Waals surface area contributed by atoms with E-state index in [-0.39, 0.29) is 11.6 Å². The van der Waals surface area contributed by atoms with Gasteiger partial charge in [0.05, 0.1) is 11.3 Å². The van der Waals surface area contributed by atoms with Gasteiger partial charge in [-0.25, -0.2) is 0 Å². The van der Waals surface area contributed by atoms with Crippen LogP contribution in [0.4, 0.5) is 11.4 Å². The van der Waals surface area contributed by atoms with Gasteiger partial charge in [-0.15, -0.1) is 0 Å². The molecule has 3 aromatic carbocycles. The monoisotopic (exact) mass is 377 g/mol. The van der Waals surface area contributed by atoms with Crippen molar-refractivity contribution in [1.82, 2.24) is 0 Å². The number of hydrogen-bond acceptors (Lipinski definition) is 3. The third kappa shape index (κ3) is 2.27. The van der Waals surface area contributed by atoms with Gasteiger partial charge in [0.1, 0.15) is 0 Å². The maximum Gasteiger partial charge on any atom is 0.196 e. The molecular formula is C20H12BrNO2. The standard InChI is InChI=1S/C20H12BrNO2/c21-16-11-10-15-17(18(16)22-12-6-2-1-3-7-12)20(24)14-9-5-4-8-13(14)19(15)23/h1-11,22H. The number of para-hydroxylation sites is 1. The minimum absolute atomic E-state index is 0.121. The van der Waals surface area contributed by atoms with Crippen LogP contribution in [-0.2, 0) is 0 Å². The number of rotatable bonds is 2. The number of nitrogens with one attached hydrogen (secondary N) is 1. The van der Waals surface area contributed by atoms with E-state index in [2.05, 4.69) is 21.2 Å². The fraction of sp³-hybridized carbons (Fsp3) is 0. The molecule has 24 heavy (non-hydrogen) atoms. The molecule has 0 atom stereocenters. The summed E-state index contributed by atoms with van der Waals surface area (Å²) < 4.78 is 0.741. The number of anilines is 2. The van der Waals surface area contributed by atoms with Crippen LogP contribution in [0.3, 0.4) is 0 Å². The van der Waals surface area contributed by atoms with E-state index in [0.717, 1.165) is 10.2 Å². The predicted molar refractivity (Wildman–Crippen MR) is 97.2 cm³/mol. The van der Waals surface area contributed by atoms with E-state index in [1.165, 1.54) is 0 Å². The maximum absolute atomic E-state index is 13.0. The van der Waals surface area contributed by atoms with Crippen molar-refractivity contribution in [3.8, 4) is 0 Å². The average Bonchev–Trinajstić information content (AvgIpc) is 2.62. The average molecular weight is 378 g/mol. The molecule has 3 aromatic rings. The molecule has 0 fully saturated rings. The van der Waals surface area contributed by atoms with Crippen LogP contribution in [0.15, 0.2) is 71.2 Å². The molecule has 0 aliphatic heterocycles. The van der Waals surface area contributed by atoms with Crippen molar-refractivity contribution in [2.45, 2.75) is 0 Å². The van der Waals surface area contributed by atoms with Gasteiger partial charge in [-0.05, 0) is 40.2 Å².